The smallest absolute Gasteiger partial charge is 0.0856 e. The molecule has 0 aliphatic carbocycles. The van der Waals surface area contributed by atoms with E-state index in [0.29, 0.717) is 12.3 Å². The Kier molecular flexibility index (Phi) is 4.67. The van der Waals surface area contributed by atoms with Gasteiger partial charge in [0.15, 0.2) is 0 Å². The van der Waals surface area contributed by atoms with Crippen molar-refractivity contribution in [2.24, 2.45) is 5.92 Å². The summed E-state index contributed by atoms with van der Waals surface area (Å²) in [5, 5.41) is 9.86. The van der Waals surface area contributed by atoms with Crippen LogP contribution in [0.4, 0.5) is 0 Å². The largest absolute Gasteiger partial charge is 0.236 e. The normalized spacial score (nSPS) is 11.5. The Morgan fingerprint density at radius 2 is 2.12 bits per heavy atom. The SMILES string of the molecule is CC(C)/C=C/CC[O]. The van der Waals surface area contributed by atoms with Crippen molar-refractivity contribution in [1.82, 2.24) is 0 Å². The zero-order valence-corrected chi connectivity index (χ0v) is 5.55. The van der Waals surface area contributed by atoms with Gasteiger partial charge < -0.3 is 0 Å². The van der Waals surface area contributed by atoms with E-state index in [0.717, 1.165) is 0 Å². The van der Waals surface area contributed by atoms with Crippen molar-refractivity contribution in [3.63, 3.8) is 0 Å². The molecule has 0 saturated heterocycles. The Bertz CT molecular complexity index is 64.8. The number of allylic oxidation sites excluding steroid dienone is 1. The monoisotopic (exact) mass is 113 g/mol. The van der Waals surface area contributed by atoms with E-state index in [-0.39, 0.29) is 6.61 Å². The van der Waals surface area contributed by atoms with Crippen LogP contribution in [0.15, 0.2) is 12.2 Å². The Balaban J connectivity index is 3.07. The first-order valence-corrected chi connectivity index (χ1v) is 3.02. The van der Waals surface area contributed by atoms with Gasteiger partial charge in [0, 0.05) is 0 Å². The first-order valence-electron chi connectivity index (χ1n) is 3.02. The fraction of sp³-hybridized carbons (Fsp3) is 0.714. The highest BCUT2D eigenvalue weighted by Crippen LogP contribution is 1.93. The molecule has 0 aromatic heterocycles. The van der Waals surface area contributed by atoms with E-state index < -0.39 is 0 Å². The fourth-order valence-corrected chi connectivity index (χ4v) is 0.436. The molecule has 47 valence electrons. The molecule has 8 heavy (non-hydrogen) atoms. The molecular weight excluding hydrogens is 100 g/mol. The first-order chi connectivity index (χ1) is 3.77. The summed E-state index contributed by atoms with van der Waals surface area (Å²) in [6.45, 7) is 4.21. The maximum Gasteiger partial charge on any atom is 0.0856 e. The van der Waals surface area contributed by atoms with Gasteiger partial charge in [-0.25, -0.2) is 5.11 Å². The van der Waals surface area contributed by atoms with Gasteiger partial charge in [-0.05, 0) is 12.3 Å². The molecular formula is C7H13O. The van der Waals surface area contributed by atoms with Crippen LogP contribution in [-0.4, -0.2) is 6.61 Å². The van der Waals surface area contributed by atoms with Crippen LogP contribution in [0.25, 0.3) is 0 Å². The summed E-state index contributed by atoms with van der Waals surface area (Å²) in [6.07, 6.45) is 4.67. The molecule has 0 amide bonds. The molecule has 0 spiro atoms. The van der Waals surface area contributed by atoms with Crippen molar-refractivity contribution in [2.75, 3.05) is 6.61 Å². The van der Waals surface area contributed by atoms with Gasteiger partial charge in [-0.15, -0.1) is 0 Å². The molecule has 0 aliphatic heterocycles. The van der Waals surface area contributed by atoms with Crippen LogP contribution in [0.3, 0.4) is 0 Å². The van der Waals surface area contributed by atoms with Gasteiger partial charge in [0.25, 0.3) is 0 Å². The summed E-state index contributed by atoms with van der Waals surface area (Å²) in [4.78, 5) is 0. The van der Waals surface area contributed by atoms with Crippen LogP contribution in [-0.2, 0) is 5.11 Å². The predicted octanol–water partition coefficient (Wildman–Crippen LogP) is 2.02. The van der Waals surface area contributed by atoms with E-state index in [4.69, 9.17) is 0 Å². The molecule has 0 fully saturated rings. The van der Waals surface area contributed by atoms with E-state index >= 15 is 0 Å². The molecule has 0 heterocycles. The summed E-state index contributed by atoms with van der Waals surface area (Å²) in [6, 6.07) is 0. The molecule has 0 atom stereocenters. The van der Waals surface area contributed by atoms with Gasteiger partial charge in [-0.3, -0.25) is 0 Å². The lowest BCUT2D eigenvalue weighted by molar-refractivity contribution is 0.199. The minimum Gasteiger partial charge on any atom is -0.236 e. The average molecular weight is 113 g/mol. The molecule has 1 heteroatoms. The number of hydrogen-bond acceptors (Lipinski definition) is 0. The minimum absolute atomic E-state index is 0.0171. The lowest BCUT2D eigenvalue weighted by Gasteiger charge is -1.90. The van der Waals surface area contributed by atoms with Crippen molar-refractivity contribution >= 4 is 0 Å². The third-order valence-corrected chi connectivity index (χ3v) is 0.806. The van der Waals surface area contributed by atoms with Crippen LogP contribution in [0.1, 0.15) is 20.3 Å². The minimum atomic E-state index is 0.0171. The molecule has 0 rings (SSSR count). The zero-order valence-electron chi connectivity index (χ0n) is 5.55. The van der Waals surface area contributed by atoms with Crippen LogP contribution < -0.4 is 0 Å². The van der Waals surface area contributed by atoms with Crippen molar-refractivity contribution in [1.29, 1.82) is 0 Å². The first kappa shape index (κ1) is 7.70. The summed E-state index contributed by atoms with van der Waals surface area (Å²) in [7, 11) is 0. The maximum absolute atomic E-state index is 9.86. The average Bonchev–Trinajstić information content (AvgIpc) is 1.66. The van der Waals surface area contributed by atoms with Crippen molar-refractivity contribution in [3.05, 3.63) is 12.2 Å². The predicted molar refractivity (Wildman–Crippen MR) is 34.1 cm³/mol. The third-order valence-electron chi connectivity index (χ3n) is 0.806. The topological polar surface area (TPSA) is 19.9 Å². The molecule has 0 N–H and O–H groups in total. The maximum atomic E-state index is 9.86. The second-order valence-corrected chi connectivity index (χ2v) is 2.16. The van der Waals surface area contributed by atoms with E-state index in [9.17, 15) is 5.11 Å². The van der Waals surface area contributed by atoms with Crippen LogP contribution >= 0.6 is 0 Å². The highest BCUT2D eigenvalue weighted by Gasteiger charge is 1.81. The summed E-state index contributed by atoms with van der Waals surface area (Å²) in [5.41, 5.74) is 0. The number of hydrogen-bond donors (Lipinski definition) is 0. The lowest BCUT2D eigenvalue weighted by atomic mass is 10.2. The van der Waals surface area contributed by atoms with Gasteiger partial charge in [-0.2, -0.15) is 0 Å². The van der Waals surface area contributed by atoms with E-state index in [1.54, 1.807) is 0 Å². The van der Waals surface area contributed by atoms with E-state index in [1.807, 2.05) is 6.08 Å². The summed E-state index contributed by atoms with van der Waals surface area (Å²) in [5.74, 6) is 0.585. The van der Waals surface area contributed by atoms with Crippen LogP contribution in [0.5, 0.6) is 0 Å². The molecule has 0 bridgehead atoms. The molecule has 1 radical (unpaired) electrons. The lowest BCUT2D eigenvalue weighted by Crippen LogP contribution is -1.78. The Labute approximate surface area is 51.0 Å². The Morgan fingerprint density at radius 1 is 1.50 bits per heavy atom. The van der Waals surface area contributed by atoms with Gasteiger partial charge >= 0.3 is 0 Å². The fourth-order valence-electron chi connectivity index (χ4n) is 0.436. The molecule has 0 saturated carbocycles. The Hall–Kier alpha value is -0.300. The van der Waals surface area contributed by atoms with Gasteiger partial charge in [0.1, 0.15) is 0 Å². The van der Waals surface area contributed by atoms with Crippen molar-refractivity contribution < 1.29 is 5.11 Å². The van der Waals surface area contributed by atoms with Gasteiger partial charge in [0.05, 0.1) is 6.61 Å². The molecule has 0 aromatic carbocycles. The van der Waals surface area contributed by atoms with Gasteiger partial charge in [0.2, 0.25) is 0 Å². The second-order valence-electron chi connectivity index (χ2n) is 2.16. The number of rotatable bonds is 3. The molecule has 0 aliphatic rings. The summed E-state index contributed by atoms with van der Waals surface area (Å²) >= 11 is 0. The molecule has 0 unspecified atom stereocenters. The highest BCUT2D eigenvalue weighted by atomic mass is 16.2. The standard InChI is InChI=1S/C7H13O/c1-7(2)5-3-4-6-8/h3,5,7H,4,6H2,1-2H3/b5-3+. The van der Waals surface area contributed by atoms with Gasteiger partial charge in [-0.1, -0.05) is 26.0 Å². The summed E-state index contributed by atoms with van der Waals surface area (Å²) < 4.78 is 0. The van der Waals surface area contributed by atoms with Crippen molar-refractivity contribution in [2.45, 2.75) is 20.3 Å². The molecule has 0 aromatic rings. The quantitative estimate of drug-likeness (QED) is 0.499. The Morgan fingerprint density at radius 3 is 2.50 bits per heavy atom. The van der Waals surface area contributed by atoms with Crippen LogP contribution in [0, 0.1) is 5.92 Å². The zero-order chi connectivity index (χ0) is 6.41. The van der Waals surface area contributed by atoms with Crippen molar-refractivity contribution in [3.8, 4) is 0 Å². The third kappa shape index (κ3) is 5.70. The van der Waals surface area contributed by atoms with Crippen LogP contribution in [0.2, 0.25) is 0 Å². The second kappa shape index (κ2) is 4.85. The molecule has 1 nitrogen and oxygen atoms in total. The highest BCUT2D eigenvalue weighted by molar-refractivity contribution is 4.83. The van der Waals surface area contributed by atoms with E-state index in [1.165, 1.54) is 0 Å². The van der Waals surface area contributed by atoms with E-state index in [2.05, 4.69) is 19.9 Å².